The molecule has 46 heavy (non-hydrogen) atoms. The third-order valence-corrected chi connectivity index (χ3v) is 15.5. The predicted molar refractivity (Wildman–Crippen MR) is 184 cm³/mol. The van der Waals surface area contributed by atoms with Crippen LogP contribution in [0.3, 0.4) is 0 Å². The maximum Gasteiger partial charge on any atom is 0.326 e. The molecule has 0 bridgehead atoms. The van der Waals surface area contributed by atoms with Gasteiger partial charge in [-0.2, -0.15) is 0 Å². The van der Waals surface area contributed by atoms with Crippen LogP contribution in [-0.4, -0.2) is 34.2 Å². The summed E-state index contributed by atoms with van der Waals surface area (Å²) in [4.78, 5) is 26.2. The van der Waals surface area contributed by atoms with Crippen molar-refractivity contribution in [3.8, 4) is 0 Å². The van der Waals surface area contributed by atoms with Crippen LogP contribution in [0.5, 0.6) is 0 Å². The molecule has 3 N–H and O–H groups in total. The zero-order valence-corrected chi connectivity index (χ0v) is 30.0. The van der Waals surface area contributed by atoms with E-state index < -0.39 is 12.0 Å². The Morgan fingerprint density at radius 3 is 2.24 bits per heavy atom. The molecule has 1 unspecified atom stereocenters. The highest BCUT2D eigenvalue weighted by Gasteiger charge is 2.68. The Morgan fingerprint density at radius 1 is 0.891 bits per heavy atom. The van der Waals surface area contributed by atoms with Crippen LogP contribution in [0, 0.1) is 57.2 Å². The lowest BCUT2D eigenvalue weighted by Gasteiger charge is -2.71. The SMILES string of the molecule is Cc1ccc(CC(NC(=O)C[C@]23CCC(C)(C)C[C@H]2C2=CC[C@@H]4[C@@]5(C)CC[C@H](O)C(C)(C)[C@@H]5CC[C@@]4(C)[C@]2(C)CC3)C(=O)O)cc1. The summed E-state index contributed by atoms with van der Waals surface area (Å²) in [6.07, 6.45) is 13.9. The van der Waals surface area contributed by atoms with Gasteiger partial charge in [-0.25, -0.2) is 4.79 Å². The Kier molecular flexibility index (Phi) is 8.22. The van der Waals surface area contributed by atoms with Crippen LogP contribution < -0.4 is 5.32 Å². The summed E-state index contributed by atoms with van der Waals surface area (Å²) in [7, 11) is 0. The Labute approximate surface area is 278 Å². The topological polar surface area (TPSA) is 86.6 Å². The van der Waals surface area contributed by atoms with Gasteiger partial charge in [-0.05, 0) is 127 Å². The number of hydrogen-bond donors (Lipinski definition) is 3. The zero-order valence-electron chi connectivity index (χ0n) is 30.0. The molecule has 0 heterocycles. The smallest absolute Gasteiger partial charge is 0.326 e. The molecule has 1 aromatic rings. The van der Waals surface area contributed by atoms with Gasteiger partial charge >= 0.3 is 5.97 Å². The lowest BCUT2D eigenvalue weighted by atomic mass is 9.33. The second-order valence-electron chi connectivity index (χ2n) is 18.8. The van der Waals surface area contributed by atoms with Gasteiger partial charge in [0.15, 0.2) is 0 Å². The van der Waals surface area contributed by atoms with E-state index in [0.29, 0.717) is 30.6 Å². The van der Waals surface area contributed by atoms with Crippen LogP contribution in [0.4, 0.5) is 0 Å². The number of aryl methyl sites for hydroxylation is 1. The van der Waals surface area contributed by atoms with Gasteiger partial charge in [0.1, 0.15) is 6.04 Å². The molecule has 5 aliphatic rings. The summed E-state index contributed by atoms with van der Waals surface area (Å²) in [5.74, 6) is 0.381. The first-order valence-corrected chi connectivity index (χ1v) is 18.3. The van der Waals surface area contributed by atoms with Gasteiger partial charge in [0.25, 0.3) is 0 Å². The van der Waals surface area contributed by atoms with Crippen molar-refractivity contribution in [3.63, 3.8) is 0 Å². The molecule has 5 nitrogen and oxygen atoms in total. The van der Waals surface area contributed by atoms with E-state index >= 15 is 0 Å². The van der Waals surface area contributed by atoms with E-state index in [1.807, 2.05) is 31.2 Å². The summed E-state index contributed by atoms with van der Waals surface area (Å²) in [5.41, 5.74) is 4.18. The van der Waals surface area contributed by atoms with Gasteiger partial charge in [-0.3, -0.25) is 4.79 Å². The molecular formula is C41H61NO4. The van der Waals surface area contributed by atoms with Crippen molar-refractivity contribution in [2.45, 2.75) is 145 Å². The minimum Gasteiger partial charge on any atom is -0.480 e. The number of aliphatic carboxylic acids is 1. The number of fused-ring (bicyclic) bond motifs is 7. The number of nitrogens with one attached hydrogen (secondary N) is 1. The molecule has 9 atom stereocenters. The number of amides is 1. The zero-order chi connectivity index (χ0) is 33.5. The lowest BCUT2D eigenvalue weighted by Crippen LogP contribution is -2.64. The summed E-state index contributed by atoms with van der Waals surface area (Å²) < 4.78 is 0. The van der Waals surface area contributed by atoms with Gasteiger partial charge in [0.05, 0.1) is 6.10 Å². The van der Waals surface area contributed by atoms with Crippen LogP contribution in [0.15, 0.2) is 35.9 Å². The molecule has 0 saturated heterocycles. The van der Waals surface area contributed by atoms with Gasteiger partial charge < -0.3 is 15.5 Å². The normalized spacial score (nSPS) is 41.5. The maximum atomic E-state index is 13.9. The van der Waals surface area contributed by atoms with E-state index in [1.165, 1.54) is 12.8 Å². The number of aliphatic hydroxyl groups is 1. The largest absolute Gasteiger partial charge is 0.480 e. The summed E-state index contributed by atoms with van der Waals surface area (Å²) in [5, 5.41) is 24.1. The third kappa shape index (κ3) is 5.21. The molecule has 4 saturated carbocycles. The molecule has 6 rings (SSSR count). The average Bonchev–Trinajstić information content (AvgIpc) is 2.97. The van der Waals surface area contributed by atoms with E-state index in [4.69, 9.17) is 0 Å². The van der Waals surface area contributed by atoms with Crippen LogP contribution in [0.2, 0.25) is 0 Å². The first-order chi connectivity index (χ1) is 21.4. The van der Waals surface area contributed by atoms with Crippen LogP contribution in [0.1, 0.15) is 130 Å². The number of allylic oxidation sites excluding steroid dienone is 2. The van der Waals surface area contributed by atoms with E-state index in [0.717, 1.165) is 62.5 Å². The summed E-state index contributed by atoms with van der Waals surface area (Å²) >= 11 is 0. The van der Waals surface area contributed by atoms with Crippen LogP contribution >= 0.6 is 0 Å². The molecule has 4 fully saturated rings. The number of carbonyl (C=O) groups excluding carboxylic acids is 1. The molecule has 254 valence electrons. The van der Waals surface area contributed by atoms with E-state index in [-0.39, 0.29) is 44.5 Å². The van der Waals surface area contributed by atoms with Gasteiger partial charge in [0, 0.05) is 12.8 Å². The Hall–Kier alpha value is -2.14. The fourth-order valence-corrected chi connectivity index (χ4v) is 12.4. The highest BCUT2D eigenvalue weighted by atomic mass is 16.4. The van der Waals surface area contributed by atoms with Crippen molar-refractivity contribution in [2.75, 3.05) is 0 Å². The van der Waals surface area contributed by atoms with Crippen molar-refractivity contribution < 1.29 is 19.8 Å². The molecule has 1 amide bonds. The minimum absolute atomic E-state index is 0.0605. The lowest BCUT2D eigenvalue weighted by molar-refractivity contribution is -0.203. The first-order valence-electron chi connectivity index (χ1n) is 18.3. The van der Waals surface area contributed by atoms with E-state index in [9.17, 15) is 19.8 Å². The number of hydrogen-bond acceptors (Lipinski definition) is 3. The van der Waals surface area contributed by atoms with Gasteiger partial charge in [-0.1, -0.05) is 89.9 Å². The average molecular weight is 632 g/mol. The van der Waals surface area contributed by atoms with E-state index in [2.05, 4.69) is 59.9 Å². The van der Waals surface area contributed by atoms with Crippen LogP contribution in [0.25, 0.3) is 0 Å². The third-order valence-electron chi connectivity index (χ3n) is 15.5. The van der Waals surface area contributed by atoms with E-state index in [1.54, 1.807) is 5.57 Å². The molecule has 0 radical (unpaired) electrons. The summed E-state index contributed by atoms with van der Waals surface area (Å²) in [6, 6.07) is 6.99. The second kappa shape index (κ2) is 11.2. The van der Waals surface area contributed by atoms with Crippen molar-refractivity contribution in [1.82, 2.24) is 5.32 Å². The molecule has 5 aliphatic carbocycles. The van der Waals surface area contributed by atoms with Gasteiger partial charge in [-0.15, -0.1) is 0 Å². The molecular weight excluding hydrogens is 570 g/mol. The number of aliphatic hydroxyl groups excluding tert-OH is 1. The highest BCUT2D eigenvalue weighted by Crippen LogP contribution is 2.76. The molecule has 0 aromatic heterocycles. The maximum absolute atomic E-state index is 13.9. The van der Waals surface area contributed by atoms with Crippen molar-refractivity contribution in [3.05, 3.63) is 47.0 Å². The molecule has 0 aliphatic heterocycles. The quantitative estimate of drug-likeness (QED) is 0.274. The Balaban J connectivity index is 1.29. The standard InChI is InChI=1S/C41H61NO4/c1-26-9-11-27(12-10-26)23-30(35(45)46)42-34(44)25-41-21-19-36(2,3)24-29(41)28-13-14-32-38(6)17-16-33(43)37(4,5)31(38)15-18-40(32,8)39(28,7)20-22-41/h9-13,29-33,43H,14-25H2,1-8H3,(H,42,44)(H,45,46)/t29-,30?,31-,32+,33-,38-,39+,40+,41+/m0/s1. The second-order valence-corrected chi connectivity index (χ2v) is 18.8. The monoisotopic (exact) mass is 631 g/mol. The number of carboxylic acid groups (broad SMARTS) is 1. The fraction of sp³-hybridized carbons (Fsp3) is 0.756. The minimum atomic E-state index is -0.972. The molecule has 5 heteroatoms. The number of rotatable bonds is 6. The number of benzene rings is 1. The van der Waals surface area contributed by atoms with Crippen molar-refractivity contribution >= 4 is 11.9 Å². The fourth-order valence-electron chi connectivity index (χ4n) is 12.4. The first kappa shape index (κ1) is 33.7. The Morgan fingerprint density at radius 2 is 1.57 bits per heavy atom. The highest BCUT2D eigenvalue weighted by molar-refractivity contribution is 5.84. The molecule has 0 spiro atoms. The number of carboxylic acids is 1. The summed E-state index contributed by atoms with van der Waals surface area (Å²) in [6.45, 7) is 19.2. The van der Waals surface area contributed by atoms with Gasteiger partial charge in [0.2, 0.25) is 5.91 Å². The van der Waals surface area contributed by atoms with Crippen molar-refractivity contribution in [1.29, 1.82) is 0 Å². The van der Waals surface area contributed by atoms with Crippen LogP contribution in [-0.2, 0) is 16.0 Å². The number of carbonyl (C=O) groups is 2. The predicted octanol–water partition coefficient (Wildman–Crippen LogP) is 8.66. The van der Waals surface area contributed by atoms with Crippen molar-refractivity contribution in [2.24, 2.45) is 50.2 Å². The Bertz CT molecular complexity index is 1390. The molecule has 1 aromatic carbocycles.